The average Bonchev–Trinajstić information content (AvgIpc) is 3.03. The van der Waals surface area contributed by atoms with Crippen LogP contribution in [0.3, 0.4) is 0 Å². The van der Waals surface area contributed by atoms with Crippen molar-refractivity contribution in [1.82, 2.24) is 4.90 Å². The van der Waals surface area contributed by atoms with Gasteiger partial charge in [0.1, 0.15) is 18.2 Å². The van der Waals surface area contributed by atoms with Crippen LogP contribution in [0.4, 0.5) is 10.1 Å². The number of likely N-dealkylation sites (tertiary alicyclic amines) is 1. The zero-order valence-electron chi connectivity index (χ0n) is 23.7. The first-order chi connectivity index (χ1) is 20.2. The minimum Gasteiger partial charge on any atom is -0.489 e. The van der Waals surface area contributed by atoms with Gasteiger partial charge < -0.3 is 9.64 Å². The number of anilines is 1. The Labute approximate surface area is 243 Å². The number of benzene rings is 4. The van der Waals surface area contributed by atoms with Gasteiger partial charge in [-0.25, -0.2) is 4.39 Å². The Bertz CT molecular complexity index is 1430. The van der Waals surface area contributed by atoms with Gasteiger partial charge in [-0.05, 0) is 103 Å². The highest BCUT2D eigenvalue weighted by Gasteiger charge is 2.29. The number of fused-ring (bicyclic) bond motifs is 1. The average molecular weight is 547 g/mol. The van der Waals surface area contributed by atoms with E-state index < -0.39 is 0 Å². The van der Waals surface area contributed by atoms with E-state index in [0.717, 1.165) is 49.5 Å². The Morgan fingerprint density at radius 2 is 1.59 bits per heavy atom. The molecule has 0 aliphatic carbocycles. The van der Waals surface area contributed by atoms with Crippen LogP contribution >= 0.6 is 0 Å². The maximum absolute atomic E-state index is 13.8. The third kappa shape index (κ3) is 6.39. The molecule has 0 saturated carbocycles. The smallest absolute Gasteiger partial charge is 0.123 e. The third-order valence-corrected chi connectivity index (χ3v) is 8.64. The minimum atomic E-state index is -0.205. The van der Waals surface area contributed by atoms with Crippen LogP contribution in [-0.4, -0.2) is 24.5 Å². The van der Waals surface area contributed by atoms with Crippen LogP contribution in [0.1, 0.15) is 59.2 Å². The molecule has 2 aliphatic heterocycles. The van der Waals surface area contributed by atoms with Gasteiger partial charge in [0.25, 0.3) is 0 Å². The van der Waals surface area contributed by atoms with Crippen LogP contribution in [0.15, 0.2) is 110 Å². The molecule has 2 atom stereocenters. The van der Waals surface area contributed by atoms with Crippen LogP contribution in [0, 0.1) is 5.82 Å². The minimum absolute atomic E-state index is 0.149. The van der Waals surface area contributed by atoms with Crippen molar-refractivity contribution < 1.29 is 9.13 Å². The fourth-order valence-corrected chi connectivity index (χ4v) is 6.45. The Kier molecular flexibility index (Phi) is 8.48. The Hall–Kier alpha value is -3.89. The molecule has 2 unspecified atom stereocenters. The zero-order chi connectivity index (χ0) is 28.0. The van der Waals surface area contributed by atoms with Crippen molar-refractivity contribution in [3.05, 3.63) is 143 Å². The summed E-state index contributed by atoms with van der Waals surface area (Å²) in [5, 5.41) is 0. The Balaban J connectivity index is 1.25. The lowest BCUT2D eigenvalue weighted by Gasteiger charge is -2.39. The first kappa shape index (κ1) is 27.3. The van der Waals surface area contributed by atoms with Crippen molar-refractivity contribution in [1.29, 1.82) is 0 Å². The molecular formula is C37H39FN2O. The molecule has 2 aliphatic rings. The summed E-state index contributed by atoms with van der Waals surface area (Å²) in [6.45, 7) is 7.86. The summed E-state index contributed by atoms with van der Waals surface area (Å²) >= 11 is 0. The fraction of sp³-hybridized carbons (Fsp3) is 0.297. The lowest BCUT2D eigenvalue weighted by Crippen LogP contribution is -2.36. The summed E-state index contributed by atoms with van der Waals surface area (Å²) in [6, 6.07) is 33.3. The number of hydrogen-bond donors (Lipinski definition) is 0. The van der Waals surface area contributed by atoms with E-state index in [0.29, 0.717) is 6.61 Å². The largest absolute Gasteiger partial charge is 0.489 e. The first-order valence-electron chi connectivity index (χ1n) is 14.9. The second-order valence-electron chi connectivity index (χ2n) is 11.3. The van der Waals surface area contributed by atoms with E-state index in [4.69, 9.17) is 4.74 Å². The van der Waals surface area contributed by atoms with E-state index in [1.54, 1.807) is 12.1 Å². The molecule has 0 N–H and O–H groups in total. The normalized spacial score (nSPS) is 18.0. The standard InChI is InChI=1S/C37H39FN2O/c1-2-36(39-22-7-4-8-23-39)30-13-11-28(12-14-30)25-37-35-20-19-34(41-27-29-9-5-3-6-10-29)26-31(35)21-24-40(37)33-17-15-32(38)16-18-33/h2-3,5-6,9-20,26,36-37H,1,4,7-8,21-25,27H2. The number of piperidine rings is 1. The molecule has 0 radical (unpaired) electrons. The van der Waals surface area contributed by atoms with E-state index in [1.807, 2.05) is 30.3 Å². The van der Waals surface area contributed by atoms with Crippen molar-refractivity contribution in [2.75, 3.05) is 24.5 Å². The van der Waals surface area contributed by atoms with Gasteiger partial charge in [0.2, 0.25) is 0 Å². The number of hydrogen-bond acceptors (Lipinski definition) is 3. The maximum Gasteiger partial charge on any atom is 0.123 e. The van der Waals surface area contributed by atoms with Gasteiger partial charge in [0.15, 0.2) is 0 Å². The SMILES string of the molecule is C=CC(c1ccc(CC2c3ccc(OCc4ccccc4)cc3CCN2c2ccc(F)cc2)cc1)N1CCCCC1. The molecule has 4 aromatic rings. The van der Waals surface area contributed by atoms with Gasteiger partial charge >= 0.3 is 0 Å². The van der Waals surface area contributed by atoms with Gasteiger partial charge in [-0.2, -0.15) is 0 Å². The van der Waals surface area contributed by atoms with Gasteiger partial charge in [0, 0.05) is 12.2 Å². The molecule has 41 heavy (non-hydrogen) atoms. The first-order valence-corrected chi connectivity index (χ1v) is 14.9. The summed E-state index contributed by atoms with van der Waals surface area (Å²) in [5.41, 5.74) is 7.46. The maximum atomic E-state index is 13.8. The number of ether oxygens (including phenoxy) is 1. The number of nitrogens with zero attached hydrogens (tertiary/aromatic N) is 2. The van der Waals surface area contributed by atoms with Crippen molar-refractivity contribution in [2.24, 2.45) is 0 Å². The lowest BCUT2D eigenvalue weighted by atomic mass is 9.87. The van der Waals surface area contributed by atoms with Crippen LogP contribution in [-0.2, 0) is 19.4 Å². The van der Waals surface area contributed by atoms with Gasteiger partial charge in [-0.1, -0.05) is 73.2 Å². The summed E-state index contributed by atoms with van der Waals surface area (Å²) in [5.74, 6) is 0.697. The summed E-state index contributed by atoms with van der Waals surface area (Å²) < 4.78 is 20.0. The molecule has 0 bridgehead atoms. The second kappa shape index (κ2) is 12.7. The molecule has 0 spiro atoms. The van der Waals surface area contributed by atoms with Gasteiger partial charge in [-0.3, -0.25) is 4.90 Å². The second-order valence-corrected chi connectivity index (χ2v) is 11.3. The van der Waals surface area contributed by atoms with E-state index in [9.17, 15) is 4.39 Å². The molecule has 2 heterocycles. The highest BCUT2D eigenvalue weighted by atomic mass is 19.1. The van der Waals surface area contributed by atoms with Crippen LogP contribution in [0.2, 0.25) is 0 Å². The quantitative estimate of drug-likeness (QED) is 0.196. The van der Waals surface area contributed by atoms with Crippen LogP contribution in [0.5, 0.6) is 5.75 Å². The Morgan fingerprint density at radius 1 is 0.829 bits per heavy atom. The summed E-state index contributed by atoms with van der Waals surface area (Å²) in [6.07, 6.45) is 7.74. The van der Waals surface area contributed by atoms with E-state index in [2.05, 4.69) is 77.1 Å². The molecule has 4 heteroatoms. The molecule has 4 aromatic carbocycles. The van der Waals surface area contributed by atoms with Gasteiger partial charge in [-0.15, -0.1) is 6.58 Å². The summed E-state index contributed by atoms with van der Waals surface area (Å²) in [4.78, 5) is 4.98. The van der Waals surface area contributed by atoms with Gasteiger partial charge in [0.05, 0.1) is 12.1 Å². The predicted molar refractivity (Wildman–Crippen MR) is 166 cm³/mol. The van der Waals surface area contributed by atoms with Crippen LogP contribution in [0.25, 0.3) is 0 Å². The van der Waals surface area contributed by atoms with Crippen molar-refractivity contribution >= 4 is 5.69 Å². The Morgan fingerprint density at radius 3 is 2.32 bits per heavy atom. The number of halogens is 1. The summed E-state index contributed by atoms with van der Waals surface area (Å²) in [7, 11) is 0. The zero-order valence-corrected chi connectivity index (χ0v) is 23.7. The van der Waals surface area contributed by atoms with Crippen LogP contribution < -0.4 is 9.64 Å². The molecule has 3 nitrogen and oxygen atoms in total. The highest BCUT2D eigenvalue weighted by Crippen LogP contribution is 2.38. The molecular weight excluding hydrogens is 507 g/mol. The molecule has 6 rings (SSSR count). The van der Waals surface area contributed by atoms with E-state index >= 15 is 0 Å². The molecule has 0 aromatic heterocycles. The van der Waals surface area contributed by atoms with Crippen molar-refractivity contribution in [2.45, 2.75) is 50.8 Å². The van der Waals surface area contributed by atoms with Crippen molar-refractivity contribution in [3.8, 4) is 5.75 Å². The lowest BCUT2D eigenvalue weighted by molar-refractivity contribution is 0.192. The molecule has 210 valence electrons. The monoisotopic (exact) mass is 546 g/mol. The topological polar surface area (TPSA) is 15.7 Å². The van der Waals surface area contributed by atoms with E-state index in [-0.39, 0.29) is 17.9 Å². The predicted octanol–water partition coefficient (Wildman–Crippen LogP) is 8.46. The fourth-order valence-electron chi connectivity index (χ4n) is 6.45. The molecule has 0 amide bonds. The molecule has 1 fully saturated rings. The molecule has 1 saturated heterocycles. The van der Waals surface area contributed by atoms with Crippen molar-refractivity contribution in [3.63, 3.8) is 0 Å². The highest BCUT2D eigenvalue weighted by molar-refractivity contribution is 5.54. The van der Waals surface area contributed by atoms with E-state index in [1.165, 1.54) is 41.5 Å². The number of rotatable bonds is 9. The third-order valence-electron chi connectivity index (χ3n) is 8.64.